The summed E-state index contributed by atoms with van der Waals surface area (Å²) in [6.07, 6.45) is -1.04. The molecule has 4 nitrogen and oxygen atoms in total. The first-order chi connectivity index (χ1) is 11.4. The van der Waals surface area contributed by atoms with E-state index in [0.717, 1.165) is 4.47 Å². The molecule has 0 aliphatic carbocycles. The minimum atomic E-state index is -0.915. The number of Topliss-reactive ketones (excluding diaryl/α,β-unsaturated/α-hetero) is 1. The minimum absolute atomic E-state index is 0.103. The van der Waals surface area contributed by atoms with Crippen LogP contribution in [0.1, 0.15) is 22.8 Å². The van der Waals surface area contributed by atoms with Crippen LogP contribution in [-0.2, 0) is 16.0 Å². The van der Waals surface area contributed by atoms with E-state index in [1.165, 1.54) is 26.2 Å². The largest absolute Gasteiger partial charge is 0.494 e. The molecule has 0 bridgehead atoms. The lowest BCUT2D eigenvalue weighted by molar-refractivity contribution is -0.145. The second-order valence-electron chi connectivity index (χ2n) is 5.15. The lowest BCUT2D eigenvalue weighted by Gasteiger charge is -2.13. The van der Waals surface area contributed by atoms with E-state index >= 15 is 0 Å². The summed E-state index contributed by atoms with van der Waals surface area (Å²) in [6, 6.07) is 11.0. The molecular formula is C18H16BrFO4. The van der Waals surface area contributed by atoms with E-state index in [1.54, 1.807) is 30.3 Å². The highest BCUT2D eigenvalue weighted by Gasteiger charge is 2.20. The number of hydrogen-bond donors (Lipinski definition) is 0. The Hall–Kier alpha value is -2.21. The van der Waals surface area contributed by atoms with Gasteiger partial charge in [-0.15, -0.1) is 0 Å². The van der Waals surface area contributed by atoms with Gasteiger partial charge in [-0.3, -0.25) is 9.59 Å². The van der Waals surface area contributed by atoms with E-state index in [0.29, 0.717) is 11.1 Å². The number of ether oxygens (including phenoxy) is 2. The summed E-state index contributed by atoms with van der Waals surface area (Å²) in [6.45, 7) is 1.51. The molecule has 0 fully saturated rings. The van der Waals surface area contributed by atoms with Crippen LogP contribution in [0, 0.1) is 5.82 Å². The van der Waals surface area contributed by atoms with E-state index in [1.807, 2.05) is 0 Å². The standard InChI is InChI=1S/C18H16BrFO4/c1-11(18(22)13-4-6-14(19)7-5-13)24-17(21)10-12-3-8-16(23-2)15(20)9-12/h3-9,11H,10H2,1-2H3/t11-/m1/s1. The van der Waals surface area contributed by atoms with Gasteiger partial charge in [0.05, 0.1) is 13.5 Å². The smallest absolute Gasteiger partial charge is 0.310 e. The molecule has 0 aliphatic rings. The van der Waals surface area contributed by atoms with E-state index in [-0.39, 0.29) is 18.0 Å². The lowest BCUT2D eigenvalue weighted by atomic mass is 10.1. The van der Waals surface area contributed by atoms with Crippen LogP contribution in [0.2, 0.25) is 0 Å². The van der Waals surface area contributed by atoms with Gasteiger partial charge in [0.1, 0.15) is 0 Å². The van der Waals surface area contributed by atoms with Crippen molar-refractivity contribution in [2.24, 2.45) is 0 Å². The molecule has 0 aromatic heterocycles. The Morgan fingerprint density at radius 1 is 1.17 bits per heavy atom. The molecule has 0 aliphatic heterocycles. The number of hydrogen-bond acceptors (Lipinski definition) is 4. The van der Waals surface area contributed by atoms with Crippen LogP contribution >= 0.6 is 15.9 Å². The summed E-state index contributed by atoms with van der Waals surface area (Å²) in [5.74, 6) is -1.35. The Balaban J connectivity index is 1.97. The van der Waals surface area contributed by atoms with E-state index in [2.05, 4.69) is 15.9 Å². The molecule has 2 aromatic rings. The van der Waals surface area contributed by atoms with Gasteiger partial charge in [-0.25, -0.2) is 4.39 Å². The van der Waals surface area contributed by atoms with Crippen molar-refractivity contribution in [3.63, 3.8) is 0 Å². The van der Waals surface area contributed by atoms with Crippen molar-refractivity contribution in [1.29, 1.82) is 0 Å². The minimum Gasteiger partial charge on any atom is -0.494 e. The Bertz CT molecular complexity index is 743. The zero-order valence-electron chi connectivity index (χ0n) is 13.2. The third kappa shape index (κ3) is 4.64. The van der Waals surface area contributed by atoms with Crippen molar-refractivity contribution >= 4 is 27.7 Å². The number of methoxy groups -OCH3 is 1. The lowest BCUT2D eigenvalue weighted by Crippen LogP contribution is -2.25. The van der Waals surface area contributed by atoms with Crippen molar-refractivity contribution in [3.05, 3.63) is 63.9 Å². The molecule has 0 radical (unpaired) electrons. The maximum Gasteiger partial charge on any atom is 0.310 e. The maximum atomic E-state index is 13.6. The van der Waals surface area contributed by atoms with Crippen LogP contribution in [-0.4, -0.2) is 25.0 Å². The summed E-state index contributed by atoms with van der Waals surface area (Å²) in [4.78, 5) is 24.2. The van der Waals surface area contributed by atoms with Crippen molar-refractivity contribution < 1.29 is 23.5 Å². The van der Waals surface area contributed by atoms with Gasteiger partial charge in [-0.05, 0) is 36.8 Å². The van der Waals surface area contributed by atoms with Gasteiger partial charge in [0.15, 0.2) is 17.7 Å². The Morgan fingerprint density at radius 3 is 2.42 bits per heavy atom. The van der Waals surface area contributed by atoms with Crippen molar-refractivity contribution in [2.45, 2.75) is 19.4 Å². The maximum absolute atomic E-state index is 13.6. The molecule has 0 heterocycles. The predicted molar refractivity (Wildman–Crippen MR) is 90.7 cm³/mol. The fraction of sp³-hybridized carbons (Fsp3) is 0.222. The molecule has 6 heteroatoms. The zero-order chi connectivity index (χ0) is 17.7. The van der Waals surface area contributed by atoms with E-state index < -0.39 is 17.9 Å². The molecule has 0 saturated carbocycles. The van der Waals surface area contributed by atoms with Gasteiger partial charge < -0.3 is 9.47 Å². The van der Waals surface area contributed by atoms with Crippen LogP contribution in [0.5, 0.6) is 5.75 Å². The number of halogens is 2. The summed E-state index contributed by atoms with van der Waals surface area (Å²) in [7, 11) is 1.36. The summed E-state index contributed by atoms with van der Waals surface area (Å²) < 4.78 is 24.4. The quantitative estimate of drug-likeness (QED) is 0.549. The fourth-order valence-electron chi connectivity index (χ4n) is 2.13. The monoisotopic (exact) mass is 394 g/mol. The normalized spacial score (nSPS) is 11.7. The van der Waals surface area contributed by atoms with Crippen LogP contribution in [0.25, 0.3) is 0 Å². The van der Waals surface area contributed by atoms with Crippen molar-refractivity contribution in [1.82, 2.24) is 0 Å². The second-order valence-corrected chi connectivity index (χ2v) is 6.06. The van der Waals surface area contributed by atoms with E-state index in [4.69, 9.17) is 9.47 Å². The molecule has 24 heavy (non-hydrogen) atoms. The molecule has 2 aromatic carbocycles. The number of rotatable bonds is 6. The Kier molecular flexibility index (Phi) is 6.09. The van der Waals surface area contributed by atoms with Crippen LogP contribution in [0.15, 0.2) is 46.9 Å². The highest BCUT2D eigenvalue weighted by molar-refractivity contribution is 9.10. The third-order valence-corrected chi connectivity index (χ3v) is 3.90. The molecule has 1 atom stereocenters. The SMILES string of the molecule is COc1ccc(CC(=O)O[C@H](C)C(=O)c2ccc(Br)cc2)cc1F. The van der Waals surface area contributed by atoms with Gasteiger partial charge in [0.25, 0.3) is 0 Å². The molecule has 0 unspecified atom stereocenters. The first kappa shape index (κ1) is 18.1. The molecular weight excluding hydrogens is 379 g/mol. The predicted octanol–water partition coefficient (Wildman–Crippen LogP) is 3.95. The van der Waals surface area contributed by atoms with Crippen LogP contribution in [0.3, 0.4) is 0 Å². The van der Waals surface area contributed by atoms with Crippen LogP contribution in [0.4, 0.5) is 4.39 Å². The highest BCUT2D eigenvalue weighted by atomic mass is 79.9. The van der Waals surface area contributed by atoms with Gasteiger partial charge in [-0.2, -0.15) is 0 Å². The zero-order valence-corrected chi connectivity index (χ0v) is 14.8. The second kappa shape index (κ2) is 8.06. The molecule has 0 saturated heterocycles. The van der Waals surface area contributed by atoms with Crippen molar-refractivity contribution in [3.8, 4) is 5.75 Å². The average Bonchev–Trinajstić information content (AvgIpc) is 2.55. The average molecular weight is 395 g/mol. The summed E-state index contributed by atoms with van der Waals surface area (Å²) in [5, 5.41) is 0. The van der Waals surface area contributed by atoms with E-state index in [9.17, 15) is 14.0 Å². The molecule has 0 N–H and O–H groups in total. The Morgan fingerprint density at radius 2 is 1.83 bits per heavy atom. The summed E-state index contributed by atoms with van der Waals surface area (Å²) in [5.41, 5.74) is 0.899. The number of ketones is 1. The first-order valence-corrected chi connectivity index (χ1v) is 8.01. The van der Waals surface area contributed by atoms with Gasteiger partial charge >= 0.3 is 5.97 Å². The Labute approximate surface area is 147 Å². The summed E-state index contributed by atoms with van der Waals surface area (Å²) >= 11 is 3.29. The third-order valence-electron chi connectivity index (χ3n) is 3.37. The highest BCUT2D eigenvalue weighted by Crippen LogP contribution is 2.18. The molecule has 0 amide bonds. The molecule has 2 rings (SSSR count). The van der Waals surface area contributed by atoms with Gasteiger partial charge in [0.2, 0.25) is 5.78 Å². The van der Waals surface area contributed by atoms with Gasteiger partial charge in [-0.1, -0.05) is 34.1 Å². The first-order valence-electron chi connectivity index (χ1n) is 7.22. The fourth-order valence-corrected chi connectivity index (χ4v) is 2.39. The van der Waals surface area contributed by atoms with Gasteiger partial charge in [0, 0.05) is 10.0 Å². The number of carbonyl (C=O) groups is 2. The molecule has 0 spiro atoms. The number of benzene rings is 2. The molecule has 126 valence electrons. The van der Waals surface area contributed by atoms with Crippen LogP contribution < -0.4 is 4.74 Å². The number of carbonyl (C=O) groups excluding carboxylic acids is 2. The van der Waals surface area contributed by atoms with Crippen molar-refractivity contribution in [2.75, 3.05) is 7.11 Å². The number of esters is 1. The topological polar surface area (TPSA) is 52.6 Å².